The second-order valence-electron chi connectivity index (χ2n) is 9.75. The molecule has 3 aromatic rings. The standard InChI is InChI=1S/C30H36N4O5/c1-39-27-10-5-9-26-24(27)8-4-11-29(37)34(26)15-14-28(36)33-25(30(38)32-19-23(35)18-31)17-20-12-13-21-6-2-3-7-22(21)16-20/h2-3,5-7,9-10,12-13,16,23,25,35H,4,8,11,14-15,17-19,31H2,1H3,(H,32,38)(H,33,36). The Morgan fingerprint density at radius 3 is 2.64 bits per heavy atom. The summed E-state index contributed by atoms with van der Waals surface area (Å²) >= 11 is 0. The van der Waals surface area contributed by atoms with E-state index in [1.165, 1.54) is 0 Å². The predicted octanol–water partition coefficient (Wildman–Crippen LogP) is 2.07. The van der Waals surface area contributed by atoms with Gasteiger partial charge < -0.3 is 31.1 Å². The molecule has 3 aromatic carbocycles. The van der Waals surface area contributed by atoms with Crippen LogP contribution in [0, 0.1) is 0 Å². The molecule has 2 atom stereocenters. The molecule has 39 heavy (non-hydrogen) atoms. The summed E-state index contributed by atoms with van der Waals surface area (Å²) in [5.41, 5.74) is 8.06. The van der Waals surface area contributed by atoms with Gasteiger partial charge in [-0.25, -0.2) is 0 Å². The molecule has 2 unspecified atom stereocenters. The number of carbonyl (C=O) groups is 3. The lowest BCUT2D eigenvalue weighted by Gasteiger charge is -2.25. The number of nitrogens with zero attached hydrogens (tertiary/aromatic N) is 1. The number of hydrogen-bond donors (Lipinski definition) is 4. The zero-order valence-electron chi connectivity index (χ0n) is 22.2. The summed E-state index contributed by atoms with van der Waals surface area (Å²) in [6.45, 7) is 0.180. The maximum Gasteiger partial charge on any atom is 0.243 e. The van der Waals surface area contributed by atoms with Crippen molar-refractivity contribution in [3.63, 3.8) is 0 Å². The van der Waals surface area contributed by atoms with E-state index in [9.17, 15) is 19.5 Å². The Morgan fingerprint density at radius 2 is 1.87 bits per heavy atom. The van der Waals surface area contributed by atoms with Crippen molar-refractivity contribution in [2.75, 3.05) is 31.6 Å². The Morgan fingerprint density at radius 1 is 1.08 bits per heavy atom. The molecular weight excluding hydrogens is 496 g/mol. The van der Waals surface area contributed by atoms with Gasteiger partial charge in [-0.15, -0.1) is 0 Å². The van der Waals surface area contributed by atoms with Crippen LogP contribution in [0.2, 0.25) is 0 Å². The minimum absolute atomic E-state index is 0.0120. The second-order valence-corrected chi connectivity index (χ2v) is 9.75. The molecule has 4 rings (SSSR count). The first-order valence-corrected chi connectivity index (χ1v) is 13.3. The van der Waals surface area contributed by atoms with Gasteiger partial charge in [0.15, 0.2) is 0 Å². The monoisotopic (exact) mass is 532 g/mol. The van der Waals surface area contributed by atoms with Crippen LogP contribution in [-0.2, 0) is 27.2 Å². The van der Waals surface area contributed by atoms with Gasteiger partial charge in [-0.3, -0.25) is 14.4 Å². The Kier molecular flexibility index (Phi) is 9.51. The molecule has 1 aliphatic heterocycles. The second kappa shape index (κ2) is 13.2. The van der Waals surface area contributed by atoms with E-state index in [2.05, 4.69) is 10.6 Å². The third-order valence-electron chi connectivity index (χ3n) is 6.99. The Labute approximate surface area is 228 Å². The molecule has 0 spiro atoms. The number of carbonyl (C=O) groups excluding carboxylic acids is 3. The minimum atomic E-state index is -0.878. The van der Waals surface area contributed by atoms with Crippen molar-refractivity contribution >= 4 is 34.2 Å². The van der Waals surface area contributed by atoms with Crippen molar-refractivity contribution in [3.05, 3.63) is 71.8 Å². The van der Waals surface area contributed by atoms with Crippen LogP contribution in [0.1, 0.15) is 30.4 Å². The first-order valence-electron chi connectivity index (χ1n) is 13.3. The van der Waals surface area contributed by atoms with Gasteiger partial charge in [0.1, 0.15) is 11.8 Å². The minimum Gasteiger partial charge on any atom is -0.496 e. The van der Waals surface area contributed by atoms with Crippen LogP contribution in [0.5, 0.6) is 5.75 Å². The van der Waals surface area contributed by atoms with Crippen LogP contribution in [0.3, 0.4) is 0 Å². The van der Waals surface area contributed by atoms with Gasteiger partial charge in [0, 0.05) is 44.5 Å². The maximum absolute atomic E-state index is 13.1. The highest BCUT2D eigenvalue weighted by Gasteiger charge is 2.26. The van der Waals surface area contributed by atoms with Crippen LogP contribution in [0.25, 0.3) is 10.8 Å². The fraction of sp³-hybridized carbons (Fsp3) is 0.367. The van der Waals surface area contributed by atoms with Crippen molar-refractivity contribution in [2.24, 2.45) is 5.73 Å². The Hall–Kier alpha value is -3.95. The maximum atomic E-state index is 13.1. The molecule has 0 fully saturated rings. The number of amides is 3. The molecule has 0 radical (unpaired) electrons. The van der Waals surface area contributed by atoms with E-state index >= 15 is 0 Å². The summed E-state index contributed by atoms with van der Waals surface area (Å²) in [6.07, 6.45) is 1.22. The van der Waals surface area contributed by atoms with E-state index in [1.807, 2.05) is 60.7 Å². The number of methoxy groups -OCH3 is 1. The average molecular weight is 533 g/mol. The lowest BCUT2D eigenvalue weighted by molar-refractivity contribution is -0.129. The van der Waals surface area contributed by atoms with Crippen LogP contribution in [0.15, 0.2) is 60.7 Å². The quantitative estimate of drug-likeness (QED) is 0.299. The lowest BCUT2D eigenvalue weighted by Crippen LogP contribution is -2.50. The van der Waals surface area contributed by atoms with Crippen molar-refractivity contribution in [1.82, 2.24) is 10.6 Å². The average Bonchev–Trinajstić information content (AvgIpc) is 3.11. The first-order chi connectivity index (χ1) is 18.9. The molecule has 0 saturated carbocycles. The van der Waals surface area contributed by atoms with Crippen LogP contribution in [0.4, 0.5) is 5.69 Å². The number of aliphatic hydroxyl groups is 1. The molecule has 206 valence electrons. The van der Waals surface area contributed by atoms with Gasteiger partial charge in [0.05, 0.1) is 18.9 Å². The van der Waals surface area contributed by atoms with Crippen LogP contribution in [-0.4, -0.2) is 61.7 Å². The third-order valence-corrected chi connectivity index (χ3v) is 6.99. The summed E-state index contributed by atoms with van der Waals surface area (Å²) < 4.78 is 5.50. The van der Waals surface area contributed by atoms with E-state index in [1.54, 1.807) is 12.0 Å². The van der Waals surface area contributed by atoms with Gasteiger partial charge >= 0.3 is 0 Å². The largest absolute Gasteiger partial charge is 0.496 e. The fourth-order valence-electron chi connectivity index (χ4n) is 4.90. The lowest BCUT2D eigenvalue weighted by atomic mass is 10.0. The summed E-state index contributed by atoms with van der Waals surface area (Å²) in [5.74, 6) is -0.0822. The SMILES string of the molecule is COc1cccc2c1CCCC(=O)N2CCC(=O)NC(Cc1ccc2ccccc2c1)C(=O)NCC(O)CN. The molecule has 5 N–H and O–H groups in total. The molecule has 9 heteroatoms. The normalized spacial score (nSPS) is 14.7. The number of anilines is 1. The number of ether oxygens (including phenoxy) is 1. The number of fused-ring (bicyclic) bond motifs is 2. The summed E-state index contributed by atoms with van der Waals surface area (Å²) in [6, 6.07) is 18.5. The summed E-state index contributed by atoms with van der Waals surface area (Å²) in [5, 5.41) is 17.4. The highest BCUT2D eigenvalue weighted by Crippen LogP contribution is 2.34. The molecule has 1 aliphatic rings. The van der Waals surface area contributed by atoms with E-state index in [0.717, 1.165) is 39.8 Å². The van der Waals surface area contributed by atoms with Gasteiger partial charge in [0.2, 0.25) is 17.7 Å². The van der Waals surface area contributed by atoms with Crippen molar-refractivity contribution in [2.45, 2.75) is 44.2 Å². The smallest absolute Gasteiger partial charge is 0.243 e. The number of aliphatic hydroxyl groups excluding tert-OH is 1. The van der Waals surface area contributed by atoms with E-state index < -0.39 is 18.1 Å². The number of nitrogens with one attached hydrogen (secondary N) is 2. The third kappa shape index (κ3) is 7.13. The molecule has 0 saturated heterocycles. The number of hydrogen-bond acceptors (Lipinski definition) is 6. The highest BCUT2D eigenvalue weighted by atomic mass is 16.5. The summed E-state index contributed by atoms with van der Waals surface area (Å²) in [4.78, 5) is 40.7. The number of rotatable bonds is 11. The molecule has 3 amide bonds. The van der Waals surface area contributed by atoms with Gasteiger partial charge in [-0.1, -0.05) is 48.5 Å². The molecule has 0 aliphatic carbocycles. The van der Waals surface area contributed by atoms with E-state index in [0.29, 0.717) is 12.8 Å². The first kappa shape index (κ1) is 28.1. The summed E-state index contributed by atoms with van der Waals surface area (Å²) in [7, 11) is 1.60. The van der Waals surface area contributed by atoms with E-state index in [4.69, 9.17) is 10.5 Å². The molecule has 0 aromatic heterocycles. The van der Waals surface area contributed by atoms with Gasteiger partial charge in [-0.05, 0) is 41.3 Å². The molecular formula is C30H36N4O5. The fourth-order valence-corrected chi connectivity index (χ4v) is 4.90. The zero-order chi connectivity index (χ0) is 27.8. The molecule has 9 nitrogen and oxygen atoms in total. The highest BCUT2D eigenvalue weighted by molar-refractivity contribution is 5.96. The topological polar surface area (TPSA) is 134 Å². The number of benzene rings is 3. The van der Waals surface area contributed by atoms with Gasteiger partial charge in [-0.2, -0.15) is 0 Å². The zero-order valence-corrected chi connectivity index (χ0v) is 22.2. The Balaban J connectivity index is 1.47. The van der Waals surface area contributed by atoms with E-state index in [-0.39, 0.29) is 44.3 Å². The van der Waals surface area contributed by atoms with Crippen LogP contribution >= 0.6 is 0 Å². The van der Waals surface area contributed by atoms with Gasteiger partial charge in [0.25, 0.3) is 0 Å². The number of nitrogens with two attached hydrogens (primary N) is 1. The predicted molar refractivity (Wildman–Crippen MR) is 151 cm³/mol. The van der Waals surface area contributed by atoms with Crippen LogP contribution < -0.4 is 26.0 Å². The molecule has 1 heterocycles. The van der Waals surface area contributed by atoms with Crippen molar-refractivity contribution in [3.8, 4) is 5.75 Å². The molecule has 0 bridgehead atoms. The van der Waals surface area contributed by atoms with Crippen molar-refractivity contribution < 1.29 is 24.2 Å². The van der Waals surface area contributed by atoms with Crippen molar-refractivity contribution in [1.29, 1.82) is 0 Å². The Bertz CT molecular complexity index is 1330.